The van der Waals surface area contributed by atoms with Crippen molar-refractivity contribution in [2.45, 2.75) is 0 Å². The number of anilines is 1. The van der Waals surface area contributed by atoms with Crippen LogP contribution in [0.3, 0.4) is 0 Å². The topological polar surface area (TPSA) is 87.7 Å². The Morgan fingerprint density at radius 1 is 1.19 bits per heavy atom. The Balaban J connectivity index is 2.20. The van der Waals surface area contributed by atoms with Crippen LogP contribution in [0.15, 0.2) is 47.6 Å². The van der Waals surface area contributed by atoms with Crippen LogP contribution in [0.1, 0.15) is 15.9 Å². The third kappa shape index (κ3) is 3.49. The number of carbonyl (C=O) groups excluding carboxylic acids is 1. The van der Waals surface area contributed by atoms with E-state index in [-0.39, 0.29) is 10.9 Å². The molecule has 0 aliphatic carbocycles. The van der Waals surface area contributed by atoms with Crippen molar-refractivity contribution in [3.05, 3.63) is 64.4 Å². The Labute approximate surface area is 124 Å². The summed E-state index contributed by atoms with van der Waals surface area (Å²) >= 11 is 6.02. The molecule has 7 heteroatoms. The van der Waals surface area contributed by atoms with Crippen LogP contribution < -0.4 is 11.1 Å². The average Bonchev–Trinajstić information content (AvgIpc) is 2.49. The number of nitrogens with zero attached hydrogens (tertiary/aromatic N) is 1. The molecule has 0 saturated heterocycles. The van der Waals surface area contributed by atoms with Gasteiger partial charge >= 0.3 is 0 Å². The fourth-order valence-corrected chi connectivity index (χ4v) is 1.86. The highest BCUT2D eigenvalue weighted by molar-refractivity contribution is 6.34. The smallest absolute Gasteiger partial charge is 0.255 e. The van der Waals surface area contributed by atoms with Crippen LogP contribution in [0.5, 0.6) is 0 Å². The second-order valence-corrected chi connectivity index (χ2v) is 4.55. The number of amides is 1. The molecule has 0 bridgehead atoms. The molecule has 2 aromatic rings. The maximum atomic E-state index is 12.8. The molecule has 0 saturated carbocycles. The molecule has 0 radical (unpaired) electrons. The molecule has 0 heterocycles. The van der Waals surface area contributed by atoms with Gasteiger partial charge in [-0.2, -0.15) is 0 Å². The van der Waals surface area contributed by atoms with Gasteiger partial charge in [0.15, 0.2) is 5.84 Å². The normalized spacial score (nSPS) is 11.2. The average molecular weight is 308 g/mol. The number of hydrogen-bond donors (Lipinski definition) is 3. The van der Waals surface area contributed by atoms with E-state index in [1.54, 1.807) is 6.07 Å². The van der Waals surface area contributed by atoms with Crippen molar-refractivity contribution in [1.82, 2.24) is 0 Å². The monoisotopic (exact) mass is 307 g/mol. The van der Waals surface area contributed by atoms with Crippen molar-refractivity contribution in [3.8, 4) is 0 Å². The first-order chi connectivity index (χ1) is 10.0. The lowest BCUT2D eigenvalue weighted by Crippen LogP contribution is -2.15. The third-order valence-electron chi connectivity index (χ3n) is 2.73. The van der Waals surface area contributed by atoms with Crippen molar-refractivity contribution in [1.29, 1.82) is 0 Å². The molecule has 0 atom stereocenters. The molecule has 2 aromatic carbocycles. The quantitative estimate of drug-likeness (QED) is 0.352. The SMILES string of the molecule is N/C(=N/O)c1ccc(NC(=O)c2ccc(F)cc2)c(Cl)c1. The predicted octanol–water partition coefficient (Wildman–Crippen LogP) is 2.83. The van der Waals surface area contributed by atoms with Gasteiger partial charge in [-0.25, -0.2) is 4.39 Å². The van der Waals surface area contributed by atoms with E-state index in [0.717, 1.165) is 0 Å². The van der Waals surface area contributed by atoms with Gasteiger partial charge < -0.3 is 16.3 Å². The molecular formula is C14H11ClFN3O2. The Bertz CT molecular complexity index is 702. The standard InChI is InChI=1S/C14H11ClFN3O2/c15-11-7-9(13(17)19-21)3-6-12(11)18-14(20)8-1-4-10(16)5-2-8/h1-7,21H,(H2,17,19)(H,18,20). The summed E-state index contributed by atoms with van der Waals surface area (Å²) in [6.45, 7) is 0. The highest BCUT2D eigenvalue weighted by atomic mass is 35.5. The second kappa shape index (κ2) is 6.23. The molecule has 4 N–H and O–H groups in total. The second-order valence-electron chi connectivity index (χ2n) is 4.14. The Morgan fingerprint density at radius 3 is 2.38 bits per heavy atom. The third-order valence-corrected chi connectivity index (χ3v) is 3.04. The van der Waals surface area contributed by atoms with Crippen LogP contribution in [-0.2, 0) is 0 Å². The lowest BCUT2D eigenvalue weighted by Gasteiger charge is -2.08. The zero-order chi connectivity index (χ0) is 15.4. The molecule has 2 rings (SSSR count). The van der Waals surface area contributed by atoms with Crippen molar-refractivity contribution in [2.75, 3.05) is 5.32 Å². The van der Waals surface area contributed by atoms with Gasteiger partial charge in [0.05, 0.1) is 10.7 Å². The molecule has 0 aliphatic rings. The van der Waals surface area contributed by atoms with Crippen LogP contribution >= 0.6 is 11.6 Å². The first-order valence-electron chi connectivity index (χ1n) is 5.85. The number of nitrogens with one attached hydrogen (secondary N) is 1. The maximum Gasteiger partial charge on any atom is 0.255 e. The van der Waals surface area contributed by atoms with Gasteiger partial charge in [-0.05, 0) is 42.5 Å². The van der Waals surface area contributed by atoms with Crippen LogP contribution in [0, 0.1) is 5.82 Å². The maximum absolute atomic E-state index is 12.8. The first-order valence-corrected chi connectivity index (χ1v) is 6.23. The lowest BCUT2D eigenvalue weighted by molar-refractivity contribution is 0.102. The van der Waals surface area contributed by atoms with Gasteiger partial charge in [0.1, 0.15) is 5.82 Å². The minimum atomic E-state index is -0.423. The fourth-order valence-electron chi connectivity index (χ4n) is 1.63. The van der Waals surface area contributed by atoms with Gasteiger partial charge in [0, 0.05) is 11.1 Å². The predicted molar refractivity (Wildman–Crippen MR) is 78.3 cm³/mol. The van der Waals surface area contributed by atoms with Crippen LogP contribution in [-0.4, -0.2) is 17.0 Å². The minimum Gasteiger partial charge on any atom is -0.409 e. The van der Waals surface area contributed by atoms with E-state index < -0.39 is 11.7 Å². The zero-order valence-corrected chi connectivity index (χ0v) is 11.4. The van der Waals surface area contributed by atoms with E-state index in [1.165, 1.54) is 36.4 Å². The highest BCUT2D eigenvalue weighted by Gasteiger charge is 2.10. The van der Waals surface area contributed by atoms with Crippen LogP contribution in [0.25, 0.3) is 0 Å². The Kier molecular flexibility index (Phi) is 4.39. The molecule has 0 fully saturated rings. The Morgan fingerprint density at radius 2 is 1.81 bits per heavy atom. The summed E-state index contributed by atoms with van der Waals surface area (Å²) in [6, 6.07) is 9.64. The molecule has 0 unspecified atom stereocenters. The number of oxime groups is 1. The highest BCUT2D eigenvalue weighted by Crippen LogP contribution is 2.23. The fraction of sp³-hybridized carbons (Fsp3) is 0. The van der Waals surface area contributed by atoms with Crippen molar-refractivity contribution in [2.24, 2.45) is 10.9 Å². The van der Waals surface area contributed by atoms with Crippen LogP contribution in [0.2, 0.25) is 5.02 Å². The molecule has 21 heavy (non-hydrogen) atoms. The van der Waals surface area contributed by atoms with E-state index in [2.05, 4.69) is 10.5 Å². The van der Waals surface area contributed by atoms with E-state index >= 15 is 0 Å². The summed E-state index contributed by atoms with van der Waals surface area (Å²) in [6.07, 6.45) is 0. The summed E-state index contributed by atoms with van der Waals surface area (Å²) < 4.78 is 12.8. The summed E-state index contributed by atoms with van der Waals surface area (Å²) in [5.41, 5.74) is 6.52. The Hall–Kier alpha value is -2.60. The van der Waals surface area contributed by atoms with Gasteiger partial charge in [-0.15, -0.1) is 0 Å². The van der Waals surface area contributed by atoms with Crippen molar-refractivity contribution < 1.29 is 14.4 Å². The minimum absolute atomic E-state index is 0.0895. The number of carbonyl (C=O) groups is 1. The number of hydrogen-bond acceptors (Lipinski definition) is 3. The van der Waals surface area contributed by atoms with Crippen LogP contribution in [0.4, 0.5) is 10.1 Å². The van der Waals surface area contributed by atoms with Gasteiger partial charge in [-0.3, -0.25) is 4.79 Å². The lowest BCUT2D eigenvalue weighted by atomic mass is 10.1. The van der Waals surface area contributed by atoms with E-state index in [1.807, 2.05) is 0 Å². The van der Waals surface area contributed by atoms with Crippen molar-refractivity contribution in [3.63, 3.8) is 0 Å². The molecule has 0 spiro atoms. The van der Waals surface area contributed by atoms with Gasteiger partial charge in [0.2, 0.25) is 0 Å². The number of benzene rings is 2. The molecule has 0 aromatic heterocycles. The number of rotatable bonds is 3. The number of halogens is 2. The first kappa shape index (κ1) is 14.8. The number of nitrogens with two attached hydrogens (primary N) is 1. The molecule has 1 amide bonds. The van der Waals surface area contributed by atoms with Crippen molar-refractivity contribution >= 4 is 29.0 Å². The van der Waals surface area contributed by atoms with E-state index in [0.29, 0.717) is 16.8 Å². The summed E-state index contributed by atoms with van der Waals surface area (Å²) in [5.74, 6) is -0.936. The van der Waals surface area contributed by atoms with Gasteiger partial charge in [-0.1, -0.05) is 16.8 Å². The summed E-state index contributed by atoms with van der Waals surface area (Å²) in [7, 11) is 0. The van der Waals surface area contributed by atoms with E-state index in [9.17, 15) is 9.18 Å². The van der Waals surface area contributed by atoms with E-state index in [4.69, 9.17) is 22.5 Å². The summed E-state index contributed by atoms with van der Waals surface area (Å²) in [5, 5.41) is 14.3. The largest absolute Gasteiger partial charge is 0.409 e. The molecule has 108 valence electrons. The summed E-state index contributed by atoms with van der Waals surface area (Å²) in [4.78, 5) is 12.0. The van der Waals surface area contributed by atoms with Gasteiger partial charge in [0.25, 0.3) is 5.91 Å². The molecular weight excluding hydrogens is 297 g/mol. The molecule has 0 aliphatic heterocycles. The molecule has 5 nitrogen and oxygen atoms in total. The zero-order valence-electron chi connectivity index (χ0n) is 10.7. The number of amidine groups is 1.